The van der Waals surface area contributed by atoms with Crippen molar-refractivity contribution in [3.63, 3.8) is 0 Å². The van der Waals surface area contributed by atoms with Gasteiger partial charge in [0.05, 0.1) is 11.4 Å². The van der Waals surface area contributed by atoms with Gasteiger partial charge in [-0.05, 0) is 51.1 Å². The van der Waals surface area contributed by atoms with Gasteiger partial charge in [-0.25, -0.2) is 9.67 Å². The van der Waals surface area contributed by atoms with Crippen molar-refractivity contribution >= 4 is 17.4 Å². The molecular weight excluding hydrogens is 418 g/mol. The summed E-state index contributed by atoms with van der Waals surface area (Å²) in [6, 6.07) is 19.2. The van der Waals surface area contributed by atoms with Crippen LogP contribution in [-0.4, -0.2) is 31.0 Å². The fourth-order valence-electron chi connectivity index (χ4n) is 3.52. The third kappa shape index (κ3) is 4.79. The molecule has 8 nitrogen and oxygen atoms in total. The molecule has 0 radical (unpaired) electrons. The highest BCUT2D eigenvalue weighted by Crippen LogP contribution is 2.18. The topological polar surface area (TPSA) is 98.9 Å². The van der Waals surface area contributed by atoms with E-state index in [4.69, 9.17) is 0 Å². The van der Waals surface area contributed by atoms with Crippen molar-refractivity contribution in [2.45, 2.75) is 27.3 Å². The summed E-state index contributed by atoms with van der Waals surface area (Å²) in [4.78, 5) is 42.0. The predicted octanol–water partition coefficient (Wildman–Crippen LogP) is 3.55. The van der Waals surface area contributed by atoms with Gasteiger partial charge in [0.2, 0.25) is 11.9 Å². The molecule has 0 fully saturated rings. The summed E-state index contributed by atoms with van der Waals surface area (Å²) in [6.07, 6.45) is 0. The molecule has 2 heterocycles. The van der Waals surface area contributed by atoms with Crippen molar-refractivity contribution in [3.8, 4) is 17.2 Å². The van der Waals surface area contributed by atoms with Crippen LogP contribution in [0.4, 0.5) is 5.69 Å². The summed E-state index contributed by atoms with van der Waals surface area (Å²) >= 11 is 0. The average Bonchev–Trinajstić information content (AvgIpc) is 3.13. The maximum atomic E-state index is 13.1. The van der Waals surface area contributed by atoms with Gasteiger partial charge in [-0.3, -0.25) is 19.0 Å². The quantitative estimate of drug-likeness (QED) is 0.462. The summed E-state index contributed by atoms with van der Waals surface area (Å²) in [6.45, 7) is 4.95. The Morgan fingerprint density at radius 2 is 1.67 bits per heavy atom. The molecule has 8 heteroatoms. The maximum Gasteiger partial charge on any atom is 0.256 e. The fourth-order valence-corrected chi connectivity index (χ4v) is 3.52. The van der Waals surface area contributed by atoms with Crippen LogP contribution in [0.15, 0.2) is 71.5 Å². The number of aryl methyl sites for hydroxylation is 2. The number of hydrogen-bond donors (Lipinski definition) is 1. The van der Waals surface area contributed by atoms with Crippen molar-refractivity contribution in [1.29, 1.82) is 0 Å². The standard InChI is InChI=1S/C25H23N5O3/c1-16-13-17(2)30(28-16)25-27-22(20-7-5-4-6-8-20)14-24(33)29(25)15-23(32)26-21-11-9-19(10-12-21)18(3)31/h4-14H,15H2,1-3H3,(H,26,32). The number of hydrogen-bond acceptors (Lipinski definition) is 5. The second kappa shape index (κ2) is 9.04. The first-order valence-corrected chi connectivity index (χ1v) is 10.4. The number of carbonyl (C=O) groups excluding carboxylic acids is 2. The van der Waals surface area contributed by atoms with E-state index in [0.717, 1.165) is 17.0 Å². The molecule has 0 saturated heterocycles. The highest BCUT2D eigenvalue weighted by molar-refractivity contribution is 5.95. The molecule has 2 aromatic carbocycles. The van der Waals surface area contributed by atoms with Gasteiger partial charge >= 0.3 is 0 Å². The summed E-state index contributed by atoms with van der Waals surface area (Å²) in [5.74, 6) is -0.197. The zero-order chi connectivity index (χ0) is 23.5. The van der Waals surface area contributed by atoms with Gasteiger partial charge in [-0.1, -0.05) is 30.3 Å². The molecule has 4 rings (SSSR count). The smallest absolute Gasteiger partial charge is 0.256 e. The fraction of sp³-hybridized carbons (Fsp3) is 0.160. The Morgan fingerprint density at radius 3 is 2.27 bits per heavy atom. The lowest BCUT2D eigenvalue weighted by Gasteiger charge is -2.15. The first-order valence-electron chi connectivity index (χ1n) is 10.4. The van der Waals surface area contributed by atoms with E-state index in [1.807, 2.05) is 50.2 Å². The summed E-state index contributed by atoms with van der Waals surface area (Å²) in [5.41, 5.74) is 3.57. The molecule has 0 aliphatic carbocycles. The zero-order valence-electron chi connectivity index (χ0n) is 18.6. The third-order valence-electron chi connectivity index (χ3n) is 5.13. The number of amides is 1. The first-order chi connectivity index (χ1) is 15.8. The van der Waals surface area contributed by atoms with Crippen molar-refractivity contribution in [3.05, 3.63) is 94.0 Å². The van der Waals surface area contributed by atoms with Crippen LogP contribution in [0.2, 0.25) is 0 Å². The maximum absolute atomic E-state index is 13.1. The van der Waals surface area contributed by atoms with E-state index in [1.165, 1.54) is 17.6 Å². The molecule has 0 unspecified atom stereocenters. The molecule has 0 saturated carbocycles. The molecular formula is C25H23N5O3. The molecule has 1 N–H and O–H groups in total. The molecule has 0 bridgehead atoms. The normalized spacial score (nSPS) is 10.8. The number of Topliss-reactive ketones (excluding diaryl/α,β-unsaturated/α-hetero) is 1. The van der Waals surface area contributed by atoms with Crippen LogP contribution in [0.3, 0.4) is 0 Å². The summed E-state index contributed by atoms with van der Waals surface area (Å²) < 4.78 is 2.86. The van der Waals surface area contributed by atoms with Crippen molar-refractivity contribution < 1.29 is 9.59 Å². The monoisotopic (exact) mass is 441 g/mol. The largest absolute Gasteiger partial charge is 0.325 e. The van der Waals surface area contributed by atoms with Crippen LogP contribution in [0.25, 0.3) is 17.2 Å². The van der Waals surface area contributed by atoms with Gasteiger partial charge in [0.25, 0.3) is 5.56 Å². The van der Waals surface area contributed by atoms with Gasteiger partial charge in [0, 0.05) is 28.6 Å². The number of benzene rings is 2. The third-order valence-corrected chi connectivity index (χ3v) is 5.13. The van der Waals surface area contributed by atoms with Crippen molar-refractivity contribution in [2.24, 2.45) is 0 Å². The number of aromatic nitrogens is 4. The van der Waals surface area contributed by atoms with E-state index < -0.39 is 5.91 Å². The lowest BCUT2D eigenvalue weighted by molar-refractivity contribution is -0.116. The molecule has 0 aliphatic heterocycles. The Morgan fingerprint density at radius 1 is 0.970 bits per heavy atom. The van der Waals surface area contributed by atoms with E-state index in [2.05, 4.69) is 15.4 Å². The van der Waals surface area contributed by atoms with Crippen LogP contribution in [-0.2, 0) is 11.3 Å². The Labute approximate surface area is 190 Å². The average molecular weight is 441 g/mol. The number of ketones is 1. The van der Waals surface area contributed by atoms with Gasteiger partial charge in [0.15, 0.2) is 5.78 Å². The number of nitrogens with zero attached hydrogens (tertiary/aromatic N) is 4. The van der Waals surface area contributed by atoms with Gasteiger partial charge in [-0.15, -0.1) is 0 Å². The lowest BCUT2D eigenvalue weighted by Crippen LogP contribution is -2.31. The minimum Gasteiger partial charge on any atom is -0.325 e. The van der Waals surface area contributed by atoms with E-state index in [-0.39, 0.29) is 23.8 Å². The summed E-state index contributed by atoms with van der Waals surface area (Å²) in [5, 5.41) is 7.23. The Kier molecular flexibility index (Phi) is 5.99. The molecule has 0 spiro atoms. The zero-order valence-corrected chi connectivity index (χ0v) is 18.6. The number of rotatable bonds is 6. The van der Waals surface area contributed by atoms with Crippen LogP contribution in [0.1, 0.15) is 28.7 Å². The van der Waals surface area contributed by atoms with Crippen LogP contribution in [0.5, 0.6) is 0 Å². The van der Waals surface area contributed by atoms with Crippen LogP contribution in [0, 0.1) is 13.8 Å². The minimum absolute atomic E-state index is 0.0569. The Balaban J connectivity index is 1.71. The van der Waals surface area contributed by atoms with Crippen LogP contribution >= 0.6 is 0 Å². The number of anilines is 1. The van der Waals surface area contributed by atoms with E-state index >= 15 is 0 Å². The Hall–Kier alpha value is -4.33. The highest BCUT2D eigenvalue weighted by atomic mass is 16.2. The van der Waals surface area contributed by atoms with Gasteiger partial charge in [-0.2, -0.15) is 5.10 Å². The summed E-state index contributed by atoms with van der Waals surface area (Å²) in [7, 11) is 0. The lowest BCUT2D eigenvalue weighted by atomic mass is 10.1. The van der Waals surface area contributed by atoms with Gasteiger partial charge in [0.1, 0.15) is 6.54 Å². The van der Waals surface area contributed by atoms with Crippen molar-refractivity contribution in [1.82, 2.24) is 19.3 Å². The van der Waals surface area contributed by atoms with Crippen molar-refractivity contribution in [2.75, 3.05) is 5.32 Å². The molecule has 33 heavy (non-hydrogen) atoms. The molecule has 1 amide bonds. The molecule has 166 valence electrons. The molecule has 0 atom stereocenters. The SMILES string of the molecule is CC(=O)c1ccc(NC(=O)Cn2c(-n3nc(C)cc3C)nc(-c3ccccc3)cc2=O)cc1. The number of carbonyl (C=O) groups is 2. The van der Waals surface area contributed by atoms with E-state index in [9.17, 15) is 14.4 Å². The molecule has 2 aromatic heterocycles. The van der Waals surface area contributed by atoms with Gasteiger partial charge < -0.3 is 5.32 Å². The predicted molar refractivity (Wildman–Crippen MR) is 126 cm³/mol. The second-order valence-electron chi connectivity index (χ2n) is 7.75. The molecule has 0 aliphatic rings. The first kappa shape index (κ1) is 21.9. The Bertz CT molecular complexity index is 1390. The van der Waals surface area contributed by atoms with E-state index in [0.29, 0.717) is 16.9 Å². The van der Waals surface area contributed by atoms with Crippen LogP contribution < -0.4 is 10.9 Å². The highest BCUT2D eigenvalue weighted by Gasteiger charge is 2.17. The second-order valence-corrected chi connectivity index (χ2v) is 7.75. The molecule has 4 aromatic rings. The van der Waals surface area contributed by atoms with E-state index in [1.54, 1.807) is 28.9 Å². The minimum atomic E-state index is -0.398. The number of nitrogens with one attached hydrogen (secondary N) is 1.